The average molecular weight is 447 g/mol. The summed E-state index contributed by atoms with van der Waals surface area (Å²) in [6, 6.07) is 23.0. The summed E-state index contributed by atoms with van der Waals surface area (Å²) in [6.07, 6.45) is 5.05. The third kappa shape index (κ3) is 4.06. The molecule has 3 heterocycles. The van der Waals surface area contributed by atoms with Crippen molar-refractivity contribution in [2.45, 2.75) is 13.8 Å². The number of hydrazone groups is 1. The third-order valence-electron chi connectivity index (χ3n) is 5.64. The van der Waals surface area contributed by atoms with E-state index >= 15 is 0 Å². The molecule has 3 aromatic heterocycles. The van der Waals surface area contributed by atoms with Gasteiger partial charge in [-0.2, -0.15) is 10.2 Å². The van der Waals surface area contributed by atoms with E-state index in [0.717, 1.165) is 39.1 Å². The number of nitrogens with zero attached hydrogens (tertiary/aromatic N) is 5. The molecule has 5 aromatic rings. The second kappa shape index (κ2) is 9.07. The van der Waals surface area contributed by atoms with Crippen LogP contribution in [0.3, 0.4) is 0 Å². The van der Waals surface area contributed by atoms with Crippen molar-refractivity contribution in [1.29, 1.82) is 0 Å². The lowest BCUT2D eigenvalue weighted by molar-refractivity contribution is 0.0956. The van der Waals surface area contributed by atoms with E-state index in [1.807, 2.05) is 85.3 Å². The van der Waals surface area contributed by atoms with Gasteiger partial charge in [-0.15, -0.1) is 0 Å². The van der Waals surface area contributed by atoms with Crippen molar-refractivity contribution in [3.8, 4) is 16.9 Å². The highest BCUT2D eigenvalue weighted by atomic mass is 16.2. The van der Waals surface area contributed by atoms with Gasteiger partial charge in [-0.05, 0) is 50.2 Å². The number of hydrogen-bond donors (Lipinski definition) is 1. The molecule has 34 heavy (non-hydrogen) atoms. The minimum Gasteiger partial charge on any atom is -0.267 e. The summed E-state index contributed by atoms with van der Waals surface area (Å²) in [5, 5.41) is 9.63. The number of nitrogens with one attached hydrogen (secondary N) is 1. The molecular formula is C27H22N6O. The van der Waals surface area contributed by atoms with Gasteiger partial charge in [0.25, 0.3) is 5.91 Å². The zero-order valence-electron chi connectivity index (χ0n) is 18.8. The molecule has 166 valence electrons. The van der Waals surface area contributed by atoms with Gasteiger partial charge < -0.3 is 0 Å². The number of amides is 1. The maximum atomic E-state index is 13.1. The quantitative estimate of drug-likeness (QED) is 0.309. The van der Waals surface area contributed by atoms with Crippen molar-refractivity contribution in [2.75, 3.05) is 0 Å². The van der Waals surface area contributed by atoms with Gasteiger partial charge in [0.2, 0.25) is 0 Å². The molecule has 0 saturated heterocycles. The molecule has 0 saturated carbocycles. The molecule has 0 bridgehead atoms. The van der Waals surface area contributed by atoms with Gasteiger partial charge in [-0.1, -0.05) is 36.4 Å². The van der Waals surface area contributed by atoms with Gasteiger partial charge in [-0.25, -0.2) is 15.1 Å². The van der Waals surface area contributed by atoms with Crippen LogP contribution in [0.25, 0.3) is 27.8 Å². The number of carbonyl (C=O) groups excluding carboxylic acids is 1. The molecular weight excluding hydrogens is 424 g/mol. The Hall–Kier alpha value is -4.65. The fourth-order valence-corrected chi connectivity index (χ4v) is 3.91. The molecule has 0 radical (unpaired) electrons. The monoisotopic (exact) mass is 446 g/mol. The molecule has 2 aromatic carbocycles. The standard InChI is InChI=1S/C27H22N6O/c1-18-24(19(2)33(32-18)21-8-4-3-5-9-21)17-29-31-27(34)23-16-26(20-12-14-28-15-13-20)30-25-11-7-6-10-22(23)25/h3-17H,1-2H3,(H,31,34)/b29-17+. The van der Waals surface area contributed by atoms with Crippen LogP contribution in [-0.4, -0.2) is 31.9 Å². The van der Waals surface area contributed by atoms with E-state index in [0.29, 0.717) is 11.3 Å². The van der Waals surface area contributed by atoms with Crippen molar-refractivity contribution in [3.05, 3.63) is 108 Å². The van der Waals surface area contributed by atoms with Crippen LogP contribution in [0.2, 0.25) is 0 Å². The van der Waals surface area contributed by atoms with E-state index < -0.39 is 0 Å². The topological polar surface area (TPSA) is 85.1 Å². The third-order valence-corrected chi connectivity index (χ3v) is 5.64. The first-order valence-electron chi connectivity index (χ1n) is 10.9. The molecule has 0 fully saturated rings. The van der Waals surface area contributed by atoms with Crippen LogP contribution in [0.4, 0.5) is 0 Å². The maximum absolute atomic E-state index is 13.1. The molecule has 0 spiro atoms. The van der Waals surface area contributed by atoms with Crippen molar-refractivity contribution < 1.29 is 4.79 Å². The van der Waals surface area contributed by atoms with E-state index in [1.54, 1.807) is 24.7 Å². The highest BCUT2D eigenvalue weighted by Gasteiger charge is 2.14. The molecule has 7 nitrogen and oxygen atoms in total. The van der Waals surface area contributed by atoms with Crippen molar-refractivity contribution in [1.82, 2.24) is 25.2 Å². The smallest absolute Gasteiger partial charge is 0.267 e. The second-order valence-corrected chi connectivity index (χ2v) is 7.84. The molecule has 5 rings (SSSR count). The van der Waals surface area contributed by atoms with Gasteiger partial charge in [0.05, 0.1) is 40.1 Å². The number of rotatable bonds is 5. The van der Waals surface area contributed by atoms with E-state index in [4.69, 9.17) is 4.98 Å². The predicted molar refractivity (Wildman–Crippen MR) is 133 cm³/mol. The average Bonchev–Trinajstić information content (AvgIpc) is 3.17. The summed E-state index contributed by atoms with van der Waals surface area (Å²) in [6.45, 7) is 3.90. The van der Waals surface area contributed by atoms with Gasteiger partial charge in [0.15, 0.2) is 0 Å². The van der Waals surface area contributed by atoms with Crippen molar-refractivity contribution >= 4 is 23.0 Å². The molecule has 0 aliphatic rings. The first kappa shape index (κ1) is 21.2. The lowest BCUT2D eigenvalue weighted by Gasteiger charge is -2.09. The van der Waals surface area contributed by atoms with Crippen LogP contribution in [0.15, 0.2) is 90.3 Å². The predicted octanol–water partition coefficient (Wildman–Crippen LogP) is 4.86. The van der Waals surface area contributed by atoms with E-state index in [-0.39, 0.29) is 5.91 Å². The molecule has 0 aliphatic heterocycles. The Morgan fingerprint density at radius 2 is 1.71 bits per heavy atom. The number of para-hydroxylation sites is 2. The van der Waals surface area contributed by atoms with Crippen molar-refractivity contribution in [3.63, 3.8) is 0 Å². The van der Waals surface area contributed by atoms with Crippen LogP contribution in [0, 0.1) is 13.8 Å². The number of benzene rings is 2. The fraction of sp³-hybridized carbons (Fsp3) is 0.0741. The number of pyridine rings is 2. The number of carbonyl (C=O) groups is 1. The molecule has 0 atom stereocenters. The first-order valence-corrected chi connectivity index (χ1v) is 10.9. The Bertz CT molecular complexity index is 1510. The Labute approximate surface area is 196 Å². The van der Waals surface area contributed by atoms with Gasteiger partial charge in [0.1, 0.15) is 0 Å². The highest BCUT2D eigenvalue weighted by molar-refractivity contribution is 6.07. The Balaban J connectivity index is 1.44. The van der Waals surface area contributed by atoms with E-state index in [1.165, 1.54) is 0 Å². The van der Waals surface area contributed by atoms with Crippen molar-refractivity contribution in [2.24, 2.45) is 5.10 Å². The lowest BCUT2D eigenvalue weighted by Crippen LogP contribution is -2.18. The summed E-state index contributed by atoms with van der Waals surface area (Å²) in [5.74, 6) is -0.309. The number of hydrogen-bond acceptors (Lipinski definition) is 5. The van der Waals surface area contributed by atoms with E-state index in [2.05, 4.69) is 20.6 Å². The largest absolute Gasteiger partial charge is 0.272 e. The number of aromatic nitrogens is 4. The van der Waals surface area contributed by atoms with Crippen LogP contribution >= 0.6 is 0 Å². The van der Waals surface area contributed by atoms with Crippen LogP contribution in [0.1, 0.15) is 27.3 Å². The minimum atomic E-state index is -0.309. The van der Waals surface area contributed by atoms with Gasteiger partial charge >= 0.3 is 0 Å². The Morgan fingerprint density at radius 3 is 2.50 bits per heavy atom. The first-order chi connectivity index (χ1) is 16.6. The second-order valence-electron chi connectivity index (χ2n) is 7.84. The Morgan fingerprint density at radius 1 is 0.971 bits per heavy atom. The fourth-order valence-electron chi connectivity index (χ4n) is 3.91. The van der Waals surface area contributed by atoms with Crippen LogP contribution in [0.5, 0.6) is 0 Å². The van der Waals surface area contributed by atoms with Gasteiger partial charge in [-0.3, -0.25) is 9.78 Å². The normalized spacial score (nSPS) is 11.2. The molecule has 0 unspecified atom stereocenters. The summed E-state index contributed by atoms with van der Waals surface area (Å²) in [4.78, 5) is 21.9. The minimum absolute atomic E-state index is 0.309. The Kier molecular flexibility index (Phi) is 5.66. The van der Waals surface area contributed by atoms with Crippen LogP contribution in [-0.2, 0) is 0 Å². The van der Waals surface area contributed by atoms with Crippen LogP contribution < -0.4 is 5.43 Å². The molecule has 0 aliphatic carbocycles. The lowest BCUT2D eigenvalue weighted by atomic mass is 10.0. The highest BCUT2D eigenvalue weighted by Crippen LogP contribution is 2.24. The summed E-state index contributed by atoms with van der Waals surface area (Å²) >= 11 is 0. The zero-order valence-corrected chi connectivity index (χ0v) is 18.8. The number of fused-ring (bicyclic) bond motifs is 1. The summed E-state index contributed by atoms with van der Waals surface area (Å²) in [5.41, 5.74) is 9.10. The van der Waals surface area contributed by atoms with E-state index in [9.17, 15) is 4.79 Å². The molecule has 1 N–H and O–H groups in total. The van der Waals surface area contributed by atoms with Gasteiger partial charge in [0, 0.05) is 28.9 Å². The summed E-state index contributed by atoms with van der Waals surface area (Å²) in [7, 11) is 0. The number of aryl methyl sites for hydroxylation is 1. The molecule has 7 heteroatoms. The molecule has 1 amide bonds. The summed E-state index contributed by atoms with van der Waals surface area (Å²) < 4.78 is 1.87. The zero-order chi connectivity index (χ0) is 23.5. The SMILES string of the molecule is Cc1nn(-c2ccccc2)c(C)c1/C=N/NC(=O)c1cc(-c2ccncc2)nc2ccccc12. The maximum Gasteiger partial charge on any atom is 0.272 e.